The predicted octanol–water partition coefficient (Wildman–Crippen LogP) is 1.73. The van der Waals surface area contributed by atoms with Crippen molar-refractivity contribution in [3.05, 3.63) is 29.8 Å². The van der Waals surface area contributed by atoms with Crippen LogP contribution in [0.25, 0.3) is 0 Å². The molecule has 2 N–H and O–H groups in total. The van der Waals surface area contributed by atoms with Gasteiger partial charge in [0, 0.05) is 13.1 Å². The third kappa shape index (κ3) is 3.26. The predicted molar refractivity (Wildman–Crippen MR) is 75.1 cm³/mol. The molecule has 1 aliphatic heterocycles. The van der Waals surface area contributed by atoms with E-state index in [1.165, 1.54) is 0 Å². The molecule has 1 aliphatic rings. The quantitative estimate of drug-likeness (QED) is 0.849. The summed E-state index contributed by atoms with van der Waals surface area (Å²) in [5, 5.41) is 6.27. The van der Waals surface area contributed by atoms with Crippen LogP contribution >= 0.6 is 0 Å². The van der Waals surface area contributed by atoms with Crippen LogP contribution in [-0.4, -0.2) is 26.1 Å². The monoisotopic (exact) mass is 262 g/mol. The summed E-state index contributed by atoms with van der Waals surface area (Å²) in [6, 6.07) is 7.95. The first-order valence-corrected chi connectivity index (χ1v) is 6.77. The van der Waals surface area contributed by atoms with E-state index in [-0.39, 0.29) is 17.9 Å². The topological polar surface area (TPSA) is 50.4 Å². The Kier molecular flexibility index (Phi) is 4.43. The van der Waals surface area contributed by atoms with E-state index in [0.717, 1.165) is 24.4 Å². The summed E-state index contributed by atoms with van der Waals surface area (Å²) in [4.78, 5) is 12.1. The second-order valence-corrected chi connectivity index (χ2v) is 5.36. The molecule has 0 radical (unpaired) electrons. The lowest BCUT2D eigenvalue weighted by Gasteiger charge is -2.30. The molecule has 0 spiro atoms. The number of carbonyl (C=O) groups excluding carboxylic acids is 1. The Bertz CT molecular complexity index is 424. The van der Waals surface area contributed by atoms with Gasteiger partial charge in [0.15, 0.2) is 0 Å². The van der Waals surface area contributed by atoms with Gasteiger partial charge < -0.3 is 15.4 Å². The van der Waals surface area contributed by atoms with Crippen LogP contribution in [0.15, 0.2) is 24.3 Å². The standard InChI is InChI=1S/C15H22N2O2/c1-10(2)14(17-15(18)12-8-16-9-12)11-4-6-13(19-3)7-5-11/h4-7,10,12,14,16H,8-9H2,1-3H3,(H,17,18). The minimum Gasteiger partial charge on any atom is -0.497 e. The number of nitrogens with one attached hydrogen (secondary N) is 2. The highest BCUT2D eigenvalue weighted by Gasteiger charge is 2.28. The van der Waals surface area contributed by atoms with E-state index in [0.29, 0.717) is 5.92 Å². The number of benzene rings is 1. The van der Waals surface area contributed by atoms with Crippen LogP contribution < -0.4 is 15.4 Å². The highest BCUT2D eigenvalue weighted by molar-refractivity contribution is 5.80. The van der Waals surface area contributed by atoms with Crippen molar-refractivity contribution in [1.82, 2.24) is 10.6 Å². The molecule has 0 aliphatic carbocycles. The molecule has 4 nitrogen and oxygen atoms in total. The Morgan fingerprint density at radius 1 is 1.32 bits per heavy atom. The van der Waals surface area contributed by atoms with Crippen molar-refractivity contribution < 1.29 is 9.53 Å². The summed E-state index contributed by atoms with van der Waals surface area (Å²) in [5.74, 6) is 1.46. The Labute approximate surface area is 114 Å². The largest absolute Gasteiger partial charge is 0.497 e. The molecule has 19 heavy (non-hydrogen) atoms. The van der Waals surface area contributed by atoms with Crippen LogP contribution in [0.4, 0.5) is 0 Å². The Morgan fingerprint density at radius 2 is 1.95 bits per heavy atom. The highest BCUT2D eigenvalue weighted by atomic mass is 16.5. The SMILES string of the molecule is COc1ccc(C(NC(=O)C2CNC2)C(C)C)cc1. The van der Waals surface area contributed by atoms with E-state index in [9.17, 15) is 4.79 Å². The summed E-state index contributed by atoms with van der Waals surface area (Å²) >= 11 is 0. The summed E-state index contributed by atoms with van der Waals surface area (Å²) in [5.41, 5.74) is 1.12. The van der Waals surface area contributed by atoms with E-state index in [1.807, 2.05) is 24.3 Å². The molecule has 0 bridgehead atoms. The van der Waals surface area contributed by atoms with Crippen molar-refractivity contribution >= 4 is 5.91 Å². The Morgan fingerprint density at radius 3 is 2.37 bits per heavy atom. The minimum absolute atomic E-state index is 0.0546. The highest BCUT2D eigenvalue weighted by Crippen LogP contribution is 2.24. The summed E-state index contributed by atoms with van der Waals surface area (Å²) in [6.45, 7) is 5.82. The van der Waals surface area contributed by atoms with Gasteiger partial charge in [-0.3, -0.25) is 4.79 Å². The van der Waals surface area contributed by atoms with Crippen molar-refractivity contribution in [2.24, 2.45) is 11.8 Å². The van der Waals surface area contributed by atoms with Gasteiger partial charge in [-0.05, 0) is 23.6 Å². The Hall–Kier alpha value is -1.55. The van der Waals surface area contributed by atoms with Gasteiger partial charge in [-0.2, -0.15) is 0 Å². The van der Waals surface area contributed by atoms with Gasteiger partial charge >= 0.3 is 0 Å². The van der Waals surface area contributed by atoms with E-state index >= 15 is 0 Å². The summed E-state index contributed by atoms with van der Waals surface area (Å²) < 4.78 is 5.16. The van der Waals surface area contributed by atoms with Crippen LogP contribution in [0.1, 0.15) is 25.5 Å². The molecule has 1 saturated heterocycles. The molecule has 1 heterocycles. The number of ether oxygens (including phenoxy) is 1. The zero-order chi connectivity index (χ0) is 13.8. The first-order chi connectivity index (χ1) is 9.11. The van der Waals surface area contributed by atoms with E-state index in [2.05, 4.69) is 24.5 Å². The molecule has 0 saturated carbocycles. The molecular formula is C15H22N2O2. The summed E-state index contributed by atoms with van der Waals surface area (Å²) in [6.07, 6.45) is 0. The van der Waals surface area contributed by atoms with Crippen molar-refractivity contribution in [2.75, 3.05) is 20.2 Å². The fourth-order valence-electron chi connectivity index (χ4n) is 2.19. The molecular weight excluding hydrogens is 240 g/mol. The van der Waals surface area contributed by atoms with Gasteiger partial charge in [0.25, 0.3) is 0 Å². The van der Waals surface area contributed by atoms with Crippen LogP contribution in [0.3, 0.4) is 0 Å². The lowest BCUT2D eigenvalue weighted by atomic mass is 9.94. The zero-order valence-corrected chi connectivity index (χ0v) is 11.8. The van der Waals surface area contributed by atoms with Crippen LogP contribution in [0, 0.1) is 11.8 Å². The van der Waals surface area contributed by atoms with E-state index in [4.69, 9.17) is 4.74 Å². The van der Waals surface area contributed by atoms with Gasteiger partial charge in [0.1, 0.15) is 5.75 Å². The first-order valence-electron chi connectivity index (χ1n) is 6.77. The van der Waals surface area contributed by atoms with Crippen LogP contribution in [0.5, 0.6) is 5.75 Å². The normalized spacial score (nSPS) is 16.8. The van der Waals surface area contributed by atoms with Gasteiger partial charge in [0.05, 0.1) is 19.1 Å². The first kappa shape index (κ1) is 13.9. The maximum absolute atomic E-state index is 12.1. The molecule has 1 amide bonds. The fraction of sp³-hybridized carbons (Fsp3) is 0.533. The van der Waals surface area contributed by atoms with Gasteiger partial charge in [-0.15, -0.1) is 0 Å². The molecule has 1 unspecified atom stereocenters. The van der Waals surface area contributed by atoms with E-state index < -0.39 is 0 Å². The third-order valence-corrected chi connectivity index (χ3v) is 3.59. The lowest BCUT2D eigenvalue weighted by molar-refractivity contribution is -0.127. The Balaban J connectivity index is 2.07. The molecule has 1 aromatic rings. The number of rotatable bonds is 5. The van der Waals surface area contributed by atoms with Crippen molar-refractivity contribution in [3.63, 3.8) is 0 Å². The van der Waals surface area contributed by atoms with Crippen LogP contribution in [0.2, 0.25) is 0 Å². The second-order valence-electron chi connectivity index (χ2n) is 5.36. The molecule has 1 fully saturated rings. The number of hydrogen-bond donors (Lipinski definition) is 2. The number of amides is 1. The van der Waals surface area contributed by atoms with E-state index in [1.54, 1.807) is 7.11 Å². The third-order valence-electron chi connectivity index (χ3n) is 3.59. The molecule has 0 aromatic heterocycles. The molecule has 2 rings (SSSR count). The summed E-state index contributed by atoms with van der Waals surface area (Å²) in [7, 11) is 1.65. The van der Waals surface area contributed by atoms with Gasteiger partial charge in [-0.25, -0.2) is 0 Å². The molecule has 1 atom stereocenters. The average Bonchev–Trinajstić information content (AvgIpc) is 2.34. The smallest absolute Gasteiger partial charge is 0.226 e. The number of carbonyl (C=O) groups is 1. The fourth-order valence-corrected chi connectivity index (χ4v) is 2.19. The number of hydrogen-bond acceptors (Lipinski definition) is 3. The van der Waals surface area contributed by atoms with Crippen LogP contribution in [-0.2, 0) is 4.79 Å². The minimum atomic E-state index is 0.0546. The zero-order valence-electron chi connectivity index (χ0n) is 11.8. The van der Waals surface area contributed by atoms with Crippen molar-refractivity contribution in [1.29, 1.82) is 0 Å². The average molecular weight is 262 g/mol. The van der Waals surface area contributed by atoms with Gasteiger partial charge in [0.2, 0.25) is 5.91 Å². The van der Waals surface area contributed by atoms with Crippen molar-refractivity contribution in [3.8, 4) is 5.75 Å². The van der Waals surface area contributed by atoms with Crippen molar-refractivity contribution in [2.45, 2.75) is 19.9 Å². The second kappa shape index (κ2) is 6.06. The molecule has 4 heteroatoms. The molecule has 1 aromatic carbocycles. The maximum atomic E-state index is 12.1. The number of methoxy groups -OCH3 is 1. The van der Waals surface area contributed by atoms with Gasteiger partial charge in [-0.1, -0.05) is 26.0 Å². The maximum Gasteiger partial charge on any atom is 0.226 e. The lowest BCUT2D eigenvalue weighted by Crippen LogP contribution is -2.51. The molecule has 104 valence electrons.